The van der Waals surface area contributed by atoms with Crippen molar-refractivity contribution in [3.63, 3.8) is 0 Å². The van der Waals surface area contributed by atoms with Gasteiger partial charge in [0.1, 0.15) is 12.4 Å². The molecule has 1 aromatic carbocycles. The van der Waals surface area contributed by atoms with Gasteiger partial charge in [-0.25, -0.2) is 0 Å². The van der Waals surface area contributed by atoms with E-state index in [4.69, 9.17) is 10.00 Å². The van der Waals surface area contributed by atoms with E-state index < -0.39 is 0 Å². The molecule has 2 rings (SSSR count). The zero-order valence-corrected chi connectivity index (χ0v) is 12.4. The van der Waals surface area contributed by atoms with Crippen LogP contribution in [-0.4, -0.2) is 55.2 Å². The molecular weight excluding hydrogens is 250 g/mol. The Labute approximate surface area is 121 Å². The molecule has 0 atom stereocenters. The van der Waals surface area contributed by atoms with Gasteiger partial charge in [-0.05, 0) is 32.0 Å². The Morgan fingerprint density at radius 3 is 2.65 bits per heavy atom. The average molecular weight is 273 g/mol. The largest absolute Gasteiger partial charge is 0.492 e. The number of piperazine rings is 1. The Balaban J connectivity index is 1.70. The third-order valence-electron chi connectivity index (χ3n) is 3.78. The monoisotopic (exact) mass is 273 g/mol. The number of nitriles is 1. The van der Waals surface area contributed by atoms with Crippen LogP contribution in [0.1, 0.15) is 19.4 Å². The molecule has 20 heavy (non-hydrogen) atoms. The first kappa shape index (κ1) is 14.8. The Morgan fingerprint density at radius 1 is 1.25 bits per heavy atom. The van der Waals surface area contributed by atoms with Gasteiger partial charge in [0.2, 0.25) is 0 Å². The summed E-state index contributed by atoms with van der Waals surface area (Å²) in [4.78, 5) is 4.95. The van der Waals surface area contributed by atoms with Crippen LogP contribution in [0.4, 0.5) is 0 Å². The Bertz CT molecular complexity index is 459. The molecule has 0 aliphatic carbocycles. The molecule has 1 aromatic rings. The van der Waals surface area contributed by atoms with Gasteiger partial charge in [-0.15, -0.1) is 0 Å². The second-order valence-electron chi connectivity index (χ2n) is 5.46. The SMILES string of the molecule is CC(C)N1CCN(CCOc2cccc(C#N)c2)CC1. The van der Waals surface area contributed by atoms with Crippen LogP contribution in [0.15, 0.2) is 24.3 Å². The second kappa shape index (κ2) is 7.28. The number of rotatable bonds is 5. The van der Waals surface area contributed by atoms with Crippen LogP contribution in [0.3, 0.4) is 0 Å². The number of benzene rings is 1. The summed E-state index contributed by atoms with van der Waals surface area (Å²) in [5, 5.41) is 8.84. The summed E-state index contributed by atoms with van der Waals surface area (Å²) in [6.45, 7) is 10.6. The van der Waals surface area contributed by atoms with E-state index in [1.807, 2.05) is 12.1 Å². The molecule has 0 amide bonds. The Kier molecular flexibility index (Phi) is 5.40. The van der Waals surface area contributed by atoms with Gasteiger partial charge in [-0.2, -0.15) is 5.26 Å². The summed E-state index contributed by atoms with van der Waals surface area (Å²) >= 11 is 0. The quantitative estimate of drug-likeness (QED) is 0.822. The topological polar surface area (TPSA) is 39.5 Å². The lowest BCUT2D eigenvalue weighted by Gasteiger charge is -2.36. The van der Waals surface area contributed by atoms with Crippen LogP contribution in [0.5, 0.6) is 5.75 Å². The molecule has 108 valence electrons. The van der Waals surface area contributed by atoms with Gasteiger partial charge in [0.15, 0.2) is 0 Å². The minimum atomic E-state index is 0.641. The lowest BCUT2D eigenvalue weighted by Crippen LogP contribution is -2.49. The van der Waals surface area contributed by atoms with Crippen molar-refractivity contribution in [2.75, 3.05) is 39.3 Å². The molecule has 0 saturated carbocycles. The van der Waals surface area contributed by atoms with Crippen molar-refractivity contribution < 1.29 is 4.74 Å². The zero-order chi connectivity index (χ0) is 14.4. The third-order valence-corrected chi connectivity index (χ3v) is 3.78. The molecule has 0 N–H and O–H groups in total. The van der Waals surface area contributed by atoms with E-state index in [0.29, 0.717) is 18.2 Å². The smallest absolute Gasteiger partial charge is 0.120 e. The van der Waals surface area contributed by atoms with Crippen molar-refractivity contribution in [2.24, 2.45) is 0 Å². The van der Waals surface area contributed by atoms with Crippen LogP contribution in [0, 0.1) is 11.3 Å². The number of ether oxygens (including phenoxy) is 1. The van der Waals surface area contributed by atoms with E-state index in [2.05, 4.69) is 29.7 Å². The highest BCUT2D eigenvalue weighted by atomic mass is 16.5. The molecule has 1 fully saturated rings. The van der Waals surface area contributed by atoms with Crippen molar-refractivity contribution in [1.82, 2.24) is 9.80 Å². The fourth-order valence-electron chi connectivity index (χ4n) is 2.45. The maximum absolute atomic E-state index is 8.84. The van der Waals surface area contributed by atoms with Crippen LogP contribution < -0.4 is 4.74 Å². The van der Waals surface area contributed by atoms with Crippen LogP contribution in [0.25, 0.3) is 0 Å². The van der Waals surface area contributed by atoms with Crippen molar-refractivity contribution in [3.8, 4) is 11.8 Å². The maximum Gasteiger partial charge on any atom is 0.120 e. The molecule has 0 unspecified atom stereocenters. The van der Waals surface area contributed by atoms with E-state index in [0.717, 1.165) is 38.5 Å². The van der Waals surface area contributed by atoms with Gasteiger partial charge >= 0.3 is 0 Å². The first-order valence-corrected chi connectivity index (χ1v) is 7.28. The summed E-state index contributed by atoms with van der Waals surface area (Å²) in [6.07, 6.45) is 0. The molecule has 4 nitrogen and oxygen atoms in total. The molecule has 0 aromatic heterocycles. The number of hydrogen-bond acceptors (Lipinski definition) is 4. The molecular formula is C16H23N3O. The van der Waals surface area contributed by atoms with Crippen molar-refractivity contribution >= 4 is 0 Å². The highest BCUT2D eigenvalue weighted by Gasteiger charge is 2.18. The fraction of sp³-hybridized carbons (Fsp3) is 0.562. The minimum absolute atomic E-state index is 0.641. The molecule has 1 aliphatic heterocycles. The lowest BCUT2D eigenvalue weighted by atomic mass is 10.2. The van der Waals surface area contributed by atoms with Crippen molar-refractivity contribution in [1.29, 1.82) is 5.26 Å². The molecule has 0 radical (unpaired) electrons. The van der Waals surface area contributed by atoms with Crippen LogP contribution in [-0.2, 0) is 0 Å². The molecule has 0 bridgehead atoms. The highest BCUT2D eigenvalue weighted by molar-refractivity contribution is 5.36. The summed E-state index contributed by atoms with van der Waals surface area (Å²) in [6, 6.07) is 10.1. The summed E-state index contributed by atoms with van der Waals surface area (Å²) in [7, 11) is 0. The fourth-order valence-corrected chi connectivity index (χ4v) is 2.45. The average Bonchev–Trinajstić information content (AvgIpc) is 2.48. The van der Waals surface area contributed by atoms with E-state index >= 15 is 0 Å². The van der Waals surface area contributed by atoms with Crippen LogP contribution in [0.2, 0.25) is 0 Å². The summed E-state index contributed by atoms with van der Waals surface area (Å²) in [5.41, 5.74) is 0.646. The summed E-state index contributed by atoms with van der Waals surface area (Å²) < 4.78 is 5.72. The van der Waals surface area contributed by atoms with E-state index in [-0.39, 0.29) is 0 Å². The predicted octanol–water partition coefficient (Wildman–Crippen LogP) is 1.96. The Hall–Kier alpha value is -1.57. The van der Waals surface area contributed by atoms with E-state index in [1.165, 1.54) is 0 Å². The van der Waals surface area contributed by atoms with Crippen LogP contribution >= 0.6 is 0 Å². The number of nitrogens with zero attached hydrogens (tertiary/aromatic N) is 3. The molecule has 1 aliphatic rings. The highest BCUT2D eigenvalue weighted by Crippen LogP contribution is 2.12. The van der Waals surface area contributed by atoms with E-state index in [9.17, 15) is 0 Å². The van der Waals surface area contributed by atoms with Gasteiger partial charge in [-0.1, -0.05) is 6.07 Å². The maximum atomic E-state index is 8.84. The van der Waals surface area contributed by atoms with Crippen molar-refractivity contribution in [2.45, 2.75) is 19.9 Å². The van der Waals surface area contributed by atoms with Gasteiger partial charge in [0, 0.05) is 38.8 Å². The van der Waals surface area contributed by atoms with Gasteiger partial charge in [-0.3, -0.25) is 9.80 Å². The molecule has 4 heteroatoms. The van der Waals surface area contributed by atoms with Gasteiger partial charge in [0.05, 0.1) is 11.6 Å². The zero-order valence-electron chi connectivity index (χ0n) is 12.4. The Morgan fingerprint density at radius 2 is 2.00 bits per heavy atom. The molecule has 0 spiro atoms. The minimum Gasteiger partial charge on any atom is -0.492 e. The predicted molar refractivity (Wildman–Crippen MR) is 79.8 cm³/mol. The van der Waals surface area contributed by atoms with Crippen molar-refractivity contribution in [3.05, 3.63) is 29.8 Å². The first-order chi connectivity index (χ1) is 9.69. The third kappa shape index (κ3) is 4.22. The van der Waals surface area contributed by atoms with Gasteiger partial charge < -0.3 is 4.74 Å². The van der Waals surface area contributed by atoms with E-state index in [1.54, 1.807) is 12.1 Å². The molecule has 1 heterocycles. The normalized spacial score (nSPS) is 17.1. The first-order valence-electron chi connectivity index (χ1n) is 7.28. The lowest BCUT2D eigenvalue weighted by molar-refractivity contribution is 0.0971. The number of hydrogen-bond donors (Lipinski definition) is 0. The molecule has 1 saturated heterocycles. The standard InChI is InChI=1S/C16H23N3O/c1-14(2)19-8-6-18(7-9-19)10-11-20-16-5-3-4-15(12-16)13-17/h3-5,12,14H,6-11H2,1-2H3. The summed E-state index contributed by atoms with van der Waals surface area (Å²) in [5.74, 6) is 0.782. The van der Waals surface area contributed by atoms with Gasteiger partial charge in [0.25, 0.3) is 0 Å². The second-order valence-corrected chi connectivity index (χ2v) is 5.46.